The molecule has 0 atom stereocenters. The Morgan fingerprint density at radius 3 is 2.50 bits per heavy atom. The maximum atomic E-state index is 12.9. The van der Waals surface area contributed by atoms with Crippen LogP contribution in [0.1, 0.15) is 18.7 Å². The van der Waals surface area contributed by atoms with Gasteiger partial charge in [0.15, 0.2) is 0 Å². The second kappa shape index (κ2) is 7.86. The third-order valence-corrected chi connectivity index (χ3v) is 7.98. The monoisotopic (exact) mass is 454 g/mol. The Balaban J connectivity index is 1.57. The number of likely N-dealkylation sites (N-methyl/N-ethyl adjacent to an activating group) is 1. The third-order valence-electron chi connectivity index (χ3n) is 5.71. The van der Waals surface area contributed by atoms with Crippen molar-refractivity contribution in [2.45, 2.75) is 13.8 Å². The number of benzene rings is 2. The van der Waals surface area contributed by atoms with Gasteiger partial charge in [-0.05, 0) is 54.0 Å². The molecule has 4 nitrogen and oxygen atoms in total. The average Bonchev–Trinajstić information content (AvgIpc) is 3.36. The van der Waals surface area contributed by atoms with E-state index in [1.165, 1.54) is 21.2 Å². The first-order valence-corrected chi connectivity index (χ1v) is 11.9. The first-order chi connectivity index (χ1) is 15.5. The quantitative estimate of drug-likeness (QED) is 0.266. The van der Waals surface area contributed by atoms with E-state index in [2.05, 4.69) is 48.5 Å². The molecule has 0 radical (unpaired) electrons. The number of rotatable bonds is 3. The number of carbonyl (C=O) groups excluding carboxylic acids is 2. The fraction of sp³-hybridized carbons (Fsp3) is 0.115. The highest BCUT2D eigenvalue weighted by Crippen LogP contribution is 2.41. The Kier molecular flexibility index (Phi) is 5.01. The van der Waals surface area contributed by atoms with Gasteiger partial charge in [0.1, 0.15) is 11.6 Å². The number of amides is 2. The van der Waals surface area contributed by atoms with Crippen molar-refractivity contribution in [2.24, 2.45) is 0 Å². The van der Waals surface area contributed by atoms with E-state index in [-0.39, 0.29) is 18.0 Å². The highest BCUT2D eigenvalue weighted by atomic mass is 32.1. The Labute approximate surface area is 193 Å². The summed E-state index contributed by atoms with van der Waals surface area (Å²) >= 11 is 3.33. The van der Waals surface area contributed by atoms with Gasteiger partial charge in [0.25, 0.3) is 11.8 Å². The summed E-state index contributed by atoms with van der Waals surface area (Å²) in [5.74, 6) is -0.858. The fourth-order valence-corrected chi connectivity index (χ4v) is 6.45. The van der Waals surface area contributed by atoms with E-state index in [1.807, 2.05) is 12.1 Å². The van der Waals surface area contributed by atoms with Crippen LogP contribution in [-0.2, 0) is 9.59 Å². The molecule has 6 heteroatoms. The zero-order chi connectivity index (χ0) is 22.4. The molecule has 0 spiro atoms. The van der Waals surface area contributed by atoms with Crippen molar-refractivity contribution < 1.29 is 9.59 Å². The van der Waals surface area contributed by atoms with Crippen LogP contribution < -0.4 is 0 Å². The predicted octanol–water partition coefficient (Wildman–Crippen LogP) is 6.40. The zero-order valence-corrected chi connectivity index (χ0v) is 19.1. The fourth-order valence-electron chi connectivity index (χ4n) is 4.06. The Bertz CT molecular complexity index is 1490. The molecule has 2 aromatic carbocycles. The smallest absolute Gasteiger partial charge is 0.271 e. The number of hydrogen-bond donors (Lipinski definition) is 0. The van der Waals surface area contributed by atoms with Crippen LogP contribution in [0.2, 0.25) is 0 Å². The maximum Gasteiger partial charge on any atom is 0.271 e. The summed E-state index contributed by atoms with van der Waals surface area (Å²) in [6.07, 6.45) is 1.80. The van der Waals surface area contributed by atoms with E-state index in [0.717, 1.165) is 19.2 Å². The largest absolute Gasteiger partial charge is 0.274 e. The van der Waals surface area contributed by atoms with Gasteiger partial charge >= 0.3 is 0 Å². The molecule has 1 aliphatic heterocycles. The second-order valence-electron chi connectivity index (χ2n) is 7.54. The van der Waals surface area contributed by atoms with Crippen LogP contribution in [-0.4, -0.2) is 23.3 Å². The molecule has 0 saturated carbocycles. The Hall–Kier alpha value is -3.53. The van der Waals surface area contributed by atoms with E-state index < -0.39 is 5.91 Å². The van der Waals surface area contributed by atoms with Gasteiger partial charge in [0.05, 0.1) is 0 Å². The van der Waals surface area contributed by atoms with E-state index in [4.69, 9.17) is 0 Å². The normalized spacial score (nSPS) is 15.9. The van der Waals surface area contributed by atoms with Crippen molar-refractivity contribution in [3.8, 4) is 16.5 Å². The molecule has 2 aromatic heterocycles. The molecular formula is C26H18N2O2S2. The minimum Gasteiger partial charge on any atom is -0.274 e. The second-order valence-corrected chi connectivity index (χ2v) is 9.74. The minimum atomic E-state index is -0.512. The number of thiophene rings is 2. The Morgan fingerprint density at radius 2 is 1.75 bits per heavy atom. The molecule has 0 aliphatic carbocycles. The van der Waals surface area contributed by atoms with Crippen molar-refractivity contribution in [3.63, 3.8) is 0 Å². The first-order valence-electron chi connectivity index (χ1n) is 10.2. The average molecular weight is 455 g/mol. The van der Waals surface area contributed by atoms with Gasteiger partial charge in [0, 0.05) is 31.3 Å². The zero-order valence-electron chi connectivity index (χ0n) is 17.5. The summed E-state index contributed by atoms with van der Waals surface area (Å²) in [7, 11) is 0. The van der Waals surface area contributed by atoms with Crippen LogP contribution in [0.4, 0.5) is 0 Å². The third kappa shape index (κ3) is 3.18. The molecule has 0 fully saturated rings. The molecule has 0 unspecified atom stereocenters. The molecule has 3 heterocycles. The van der Waals surface area contributed by atoms with Crippen molar-refractivity contribution in [1.29, 1.82) is 5.26 Å². The van der Waals surface area contributed by atoms with Gasteiger partial charge in [-0.3, -0.25) is 14.5 Å². The highest BCUT2D eigenvalue weighted by molar-refractivity contribution is 7.29. The summed E-state index contributed by atoms with van der Waals surface area (Å²) in [6.45, 7) is 3.64. The molecular weight excluding hydrogens is 436 g/mol. The van der Waals surface area contributed by atoms with Crippen LogP contribution in [0.15, 0.2) is 71.3 Å². The summed E-state index contributed by atoms with van der Waals surface area (Å²) in [5.41, 5.74) is 2.11. The molecule has 0 N–H and O–H groups in total. The number of fused-ring (bicyclic) bond motifs is 2. The molecule has 0 saturated heterocycles. The molecule has 156 valence electrons. The van der Waals surface area contributed by atoms with Crippen molar-refractivity contribution in [1.82, 2.24) is 4.90 Å². The molecule has 32 heavy (non-hydrogen) atoms. The SMILES string of the molecule is CCN1C(=O)C(C#N)=C(C)/C(=C/c2cc3sc(-c4cccc5ccccc45)cc3s2)C1=O. The summed E-state index contributed by atoms with van der Waals surface area (Å²) in [5, 5.41) is 11.9. The van der Waals surface area contributed by atoms with Crippen molar-refractivity contribution in [3.05, 3.63) is 76.2 Å². The molecule has 2 amide bonds. The van der Waals surface area contributed by atoms with Crippen LogP contribution in [0.5, 0.6) is 0 Å². The van der Waals surface area contributed by atoms with E-state index in [1.54, 1.807) is 42.6 Å². The lowest BCUT2D eigenvalue weighted by Crippen LogP contribution is -2.42. The van der Waals surface area contributed by atoms with E-state index in [0.29, 0.717) is 11.1 Å². The van der Waals surface area contributed by atoms with Crippen molar-refractivity contribution >= 4 is 60.7 Å². The number of hydrogen-bond acceptors (Lipinski definition) is 5. The lowest BCUT2D eigenvalue weighted by molar-refractivity contribution is -0.140. The van der Waals surface area contributed by atoms with Gasteiger partial charge in [-0.15, -0.1) is 22.7 Å². The summed E-state index contributed by atoms with van der Waals surface area (Å²) < 4.78 is 2.30. The van der Waals surface area contributed by atoms with Crippen LogP contribution in [0.3, 0.4) is 0 Å². The number of carbonyl (C=O) groups is 2. The van der Waals surface area contributed by atoms with Gasteiger partial charge in [0.2, 0.25) is 0 Å². The van der Waals surface area contributed by atoms with Gasteiger partial charge < -0.3 is 0 Å². The van der Waals surface area contributed by atoms with E-state index in [9.17, 15) is 14.9 Å². The highest BCUT2D eigenvalue weighted by Gasteiger charge is 2.34. The molecule has 0 bridgehead atoms. The first kappa shape index (κ1) is 20.4. The maximum absolute atomic E-state index is 12.9. The topological polar surface area (TPSA) is 61.2 Å². The Morgan fingerprint density at radius 1 is 1.00 bits per heavy atom. The summed E-state index contributed by atoms with van der Waals surface area (Å²) in [4.78, 5) is 28.5. The van der Waals surface area contributed by atoms with Crippen LogP contribution in [0, 0.1) is 11.3 Å². The van der Waals surface area contributed by atoms with Crippen LogP contribution in [0.25, 0.3) is 36.7 Å². The van der Waals surface area contributed by atoms with Gasteiger partial charge in [-0.2, -0.15) is 5.26 Å². The van der Waals surface area contributed by atoms with Gasteiger partial charge in [-0.1, -0.05) is 42.5 Å². The van der Waals surface area contributed by atoms with E-state index >= 15 is 0 Å². The molecule has 4 aromatic rings. The number of nitriles is 1. The number of imide groups is 1. The van der Waals surface area contributed by atoms with Crippen molar-refractivity contribution in [2.75, 3.05) is 6.54 Å². The standard InChI is InChI=1S/C26H18N2O2S2/c1-3-28-25(29)20(15(2)21(14-27)26(28)30)11-17-12-23-24(31-17)13-22(32-23)19-10-6-8-16-7-4-5-9-18(16)19/h4-13H,3H2,1-2H3/b20-11-. The minimum absolute atomic E-state index is 0.0364. The van der Waals surface area contributed by atoms with Gasteiger partial charge in [-0.25, -0.2) is 0 Å². The predicted molar refractivity (Wildman–Crippen MR) is 131 cm³/mol. The van der Waals surface area contributed by atoms with Crippen LogP contribution >= 0.6 is 22.7 Å². The number of nitrogens with zero attached hydrogens (tertiary/aromatic N) is 2. The molecule has 5 rings (SSSR count). The summed E-state index contributed by atoms with van der Waals surface area (Å²) in [6, 6.07) is 21.0. The molecule has 1 aliphatic rings. The lowest BCUT2D eigenvalue weighted by Gasteiger charge is -2.26. The lowest BCUT2D eigenvalue weighted by atomic mass is 9.95.